The molecule has 1 aliphatic heterocycles. The van der Waals surface area contributed by atoms with Gasteiger partial charge in [0.05, 0.1) is 25.7 Å². The maximum absolute atomic E-state index is 11.2. The molecule has 98 valence electrons. The molecular formula is C12H22N2O3. The Morgan fingerprint density at radius 1 is 1.35 bits per heavy atom. The van der Waals surface area contributed by atoms with E-state index in [1.807, 2.05) is 0 Å². The van der Waals surface area contributed by atoms with Crippen LogP contribution in [0.25, 0.3) is 0 Å². The van der Waals surface area contributed by atoms with Crippen molar-refractivity contribution in [1.29, 1.82) is 0 Å². The van der Waals surface area contributed by atoms with Gasteiger partial charge in [-0.15, -0.1) is 0 Å². The predicted octanol–water partition coefficient (Wildman–Crippen LogP) is -0.140. The van der Waals surface area contributed by atoms with E-state index in [9.17, 15) is 4.79 Å². The first-order valence-electron chi connectivity index (χ1n) is 6.42. The van der Waals surface area contributed by atoms with Crippen molar-refractivity contribution >= 4 is 5.97 Å². The summed E-state index contributed by atoms with van der Waals surface area (Å²) in [6.07, 6.45) is 1.92. The van der Waals surface area contributed by atoms with Crippen LogP contribution in [0.5, 0.6) is 0 Å². The van der Waals surface area contributed by atoms with Crippen molar-refractivity contribution in [1.82, 2.24) is 10.2 Å². The Morgan fingerprint density at radius 3 is 2.71 bits per heavy atom. The summed E-state index contributed by atoms with van der Waals surface area (Å²) >= 11 is 0. The fraction of sp³-hybridized carbons (Fsp3) is 0.917. The summed E-state index contributed by atoms with van der Waals surface area (Å²) < 4.78 is 10.4. The number of hydrogen-bond donors (Lipinski definition) is 1. The molecule has 2 aliphatic rings. The number of methoxy groups -OCH3 is 1. The lowest BCUT2D eigenvalue weighted by atomic mass is 9.82. The van der Waals surface area contributed by atoms with Gasteiger partial charge < -0.3 is 14.8 Å². The monoisotopic (exact) mass is 242 g/mol. The molecule has 1 saturated heterocycles. The van der Waals surface area contributed by atoms with Crippen LogP contribution in [-0.4, -0.2) is 63.4 Å². The van der Waals surface area contributed by atoms with Gasteiger partial charge in [-0.25, -0.2) is 0 Å². The molecule has 0 amide bonds. The Labute approximate surface area is 102 Å². The van der Waals surface area contributed by atoms with E-state index in [1.165, 1.54) is 7.11 Å². The fourth-order valence-corrected chi connectivity index (χ4v) is 2.34. The molecule has 0 aromatic rings. The summed E-state index contributed by atoms with van der Waals surface area (Å²) in [7, 11) is 1.45. The normalized spacial score (nSPS) is 29.7. The average Bonchev–Trinajstić information content (AvgIpc) is 2.32. The molecule has 0 bridgehead atoms. The second-order valence-corrected chi connectivity index (χ2v) is 4.78. The topological polar surface area (TPSA) is 50.8 Å². The van der Waals surface area contributed by atoms with Crippen molar-refractivity contribution in [3.05, 3.63) is 0 Å². The minimum atomic E-state index is -0.0908. The zero-order valence-corrected chi connectivity index (χ0v) is 10.5. The van der Waals surface area contributed by atoms with Gasteiger partial charge in [-0.2, -0.15) is 0 Å². The Kier molecular flexibility index (Phi) is 4.76. The van der Waals surface area contributed by atoms with Gasteiger partial charge in [-0.05, 0) is 12.8 Å². The Hall–Kier alpha value is -0.650. The lowest BCUT2D eigenvalue weighted by Crippen LogP contribution is -2.45. The summed E-state index contributed by atoms with van der Waals surface area (Å²) in [4.78, 5) is 13.6. The second-order valence-electron chi connectivity index (χ2n) is 4.78. The van der Waals surface area contributed by atoms with E-state index in [1.54, 1.807) is 0 Å². The highest BCUT2D eigenvalue weighted by Crippen LogP contribution is 2.30. The van der Waals surface area contributed by atoms with Crippen LogP contribution in [0.2, 0.25) is 0 Å². The average molecular weight is 242 g/mol. The van der Waals surface area contributed by atoms with Crippen molar-refractivity contribution < 1.29 is 14.3 Å². The Morgan fingerprint density at radius 2 is 2.06 bits per heavy atom. The van der Waals surface area contributed by atoms with Gasteiger partial charge in [0.15, 0.2) is 0 Å². The molecule has 5 heteroatoms. The van der Waals surface area contributed by atoms with E-state index in [2.05, 4.69) is 10.2 Å². The Balaban J connectivity index is 1.51. The SMILES string of the molecule is COC(=O)[C@H]1C[C@@H](OCCN2CCNCC2)C1. The van der Waals surface area contributed by atoms with Crippen molar-refractivity contribution in [3.8, 4) is 0 Å². The molecule has 17 heavy (non-hydrogen) atoms. The molecule has 0 spiro atoms. The molecule has 2 fully saturated rings. The molecule has 0 radical (unpaired) electrons. The van der Waals surface area contributed by atoms with Gasteiger partial charge in [0.2, 0.25) is 0 Å². The molecule has 5 nitrogen and oxygen atoms in total. The number of piperazine rings is 1. The number of hydrogen-bond acceptors (Lipinski definition) is 5. The minimum absolute atomic E-state index is 0.0733. The van der Waals surface area contributed by atoms with Crippen LogP contribution in [0.3, 0.4) is 0 Å². The molecule has 0 atom stereocenters. The van der Waals surface area contributed by atoms with Crippen LogP contribution >= 0.6 is 0 Å². The molecule has 1 heterocycles. The maximum atomic E-state index is 11.2. The number of nitrogens with zero attached hydrogens (tertiary/aromatic N) is 1. The predicted molar refractivity (Wildman–Crippen MR) is 63.8 cm³/mol. The van der Waals surface area contributed by atoms with Crippen LogP contribution in [0.15, 0.2) is 0 Å². The van der Waals surface area contributed by atoms with Crippen LogP contribution in [-0.2, 0) is 14.3 Å². The number of nitrogens with one attached hydrogen (secondary N) is 1. The van der Waals surface area contributed by atoms with Crippen LogP contribution in [0.4, 0.5) is 0 Å². The van der Waals surface area contributed by atoms with E-state index in [4.69, 9.17) is 9.47 Å². The quantitative estimate of drug-likeness (QED) is 0.680. The standard InChI is InChI=1S/C12H22N2O3/c1-16-12(15)10-8-11(9-10)17-7-6-14-4-2-13-3-5-14/h10-11,13H,2-9H2,1H3/t10-,11+. The summed E-state index contributed by atoms with van der Waals surface area (Å²) in [6, 6.07) is 0. The van der Waals surface area contributed by atoms with Crippen molar-refractivity contribution in [2.75, 3.05) is 46.4 Å². The molecule has 0 aromatic carbocycles. The third-order valence-corrected chi connectivity index (χ3v) is 3.60. The summed E-state index contributed by atoms with van der Waals surface area (Å²) in [5.74, 6) is -0.0175. The number of esters is 1. The highest BCUT2D eigenvalue weighted by atomic mass is 16.5. The fourth-order valence-electron chi connectivity index (χ4n) is 2.34. The van der Waals surface area contributed by atoms with Gasteiger partial charge in [0.25, 0.3) is 0 Å². The van der Waals surface area contributed by atoms with Crippen LogP contribution in [0.1, 0.15) is 12.8 Å². The van der Waals surface area contributed by atoms with Crippen molar-refractivity contribution in [2.24, 2.45) is 5.92 Å². The first kappa shape index (κ1) is 12.8. The summed E-state index contributed by atoms with van der Waals surface area (Å²) in [5, 5.41) is 3.33. The third-order valence-electron chi connectivity index (χ3n) is 3.60. The Bertz CT molecular complexity index is 248. The van der Waals surface area contributed by atoms with E-state index in [0.29, 0.717) is 0 Å². The second kappa shape index (κ2) is 6.33. The molecule has 1 saturated carbocycles. The highest BCUT2D eigenvalue weighted by Gasteiger charge is 2.35. The largest absolute Gasteiger partial charge is 0.469 e. The van der Waals surface area contributed by atoms with Gasteiger partial charge in [-0.1, -0.05) is 0 Å². The smallest absolute Gasteiger partial charge is 0.308 e. The van der Waals surface area contributed by atoms with E-state index in [-0.39, 0.29) is 18.0 Å². The van der Waals surface area contributed by atoms with Crippen molar-refractivity contribution in [3.63, 3.8) is 0 Å². The summed E-state index contributed by atoms with van der Waals surface area (Å²) in [5.41, 5.74) is 0. The first-order valence-corrected chi connectivity index (χ1v) is 6.42. The zero-order valence-electron chi connectivity index (χ0n) is 10.5. The molecular weight excluding hydrogens is 220 g/mol. The molecule has 1 N–H and O–H groups in total. The highest BCUT2D eigenvalue weighted by molar-refractivity contribution is 5.73. The minimum Gasteiger partial charge on any atom is -0.469 e. The maximum Gasteiger partial charge on any atom is 0.308 e. The lowest BCUT2D eigenvalue weighted by Gasteiger charge is -2.34. The molecule has 0 aromatic heterocycles. The molecule has 1 aliphatic carbocycles. The van der Waals surface area contributed by atoms with E-state index < -0.39 is 0 Å². The third kappa shape index (κ3) is 3.66. The van der Waals surface area contributed by atoms with E-state index in [0.717, 1.165) is 52.2 Å². The number of carbonyl (C=O) groups excluding carboxylic acids is 1. The van der Waals surface area contributed by atoms with Gasteiger partial charge >= 0.3 is 5.97 Å². The van der Waals surface area contributed by atoms with Gasteiger partial charge in [0, 0.05) is 32.7 Å². The number of carbonyl (C=O) groups is 1. The molecule has 0 unspecified atom stereocenters. The first-order chi connectivity index (χ1) is 8.29. The number of ether oxygens (including phenoxy) is 2. The van der Waals surface area contributed by atoms with Crippen LogP contribution in [0, 0.1) is 5.92 Å². The van der Waals surface area contributed by atoms with Gasteiger partial charge in [-0.3, -0.25) is 9.69 Å². The van der Waals surface area contributed by atoms with Gasteiger partial charge in [0.1, 0.15) is 0 Å². The zero-order chi connectivity index (χ0) is 12.1. The summed E-state index contributed by atoms with van der Waals surface area (Å²) in [6.45, 7) is 6.15. The number of rotatable bonds is 5. The molecule has 2 rings (SSSR count). The van der Waals surface area contributed by atoms with E-state index >= 15 is 0 Å². The van der Waals surface area contributed by atoms with Crippen LogP contribution < -0.4 is 5.32 Å². The lowest BCUT2D eigenvalue weighted by molar-refractivity contribution is -0.155. The van der Waals surface area contributed by atoms with Crippen molar-refractivity contribution in [2.45, 2.75) is 18.9 Å².